The molecule has 28 heavy (non-hydrogen) atoms. The predicted octanol–water partition coefficient (Wildman–Crippen LogP) is 2.95. The number of hydrogen-bond donors (Lipinski definition) is 2. The van der Waals surface area contributed by atoms with Gasteiger partial charge < -0.3 is 29.8 Å². The number of aromatic nitrogens is 2. The van der Waals surface area contributed by atoms with E-state index >= 15 is 0 Å². The van der Waals surface area contributed by atoms with Crippen LogP contribution in [0.5, 0.6) is 5.75 Å². The lowest BCUT2D eigenvalue weighted by atomic mass is 10.2. The molecular weight excluding hydrogens is 360 g/mol. The van der Waals surface area contributed by atoms with Gasteiger partial charge in [-0.1, -0.05) is 0 Å². The van der Waals surface area contributed by atoms with Crippen molar-refractivity contribution in [3.63, 3.8) is 0 Å². The van der Waals surface area contributed by atoms with Gasteiger partial charge in [0.25, 0.3) is 0 Å². The van der Waals surface area contributed by atoms with Crippen LogP contribution in [0.4, 0.5) is 17.1 Å². The Morgan fingerprint density at radius 3 is 2.68 bits per heavy atom. The van der Waals surface area contributed by atoms with Crippen LogP contribution in [0.1, 0.15) is 6.92 Å². The van der Waals surface area contributed by atoms with Gasteiger partial charge in [0, 0.05) is 18.5 Å². The number of nitrogens with zero attached hydrogens (tertiary/aromatic N) is 2. The Balaban J connectivity index is 1.76. The van der Waals surface area contributed by atoms with Gasteiger partial charge in [-0.15, -0.1) is 0 Å². The highest BCUT2D eigenvalue weighted by Crippen LogP contribution is 2.28. The van der Waals surface area contributed by atoms with Crippen LogP contribution in [0.3, 0.4) is 0 Å². The van der Waals surface area contributed by atoms with Crippen LogP contribution in [0, 0.1) is 0 Å². The van der Waals surface area contributed by atoms with Gasteiger partial charge in [-0.3, -0.25) is 4.79 Å². The highest BCUT2D eigenvalue weighted by atomic mass is 16.5. The van der Waals surface area contributed by atoms with E-state index in [0.29, 0.717) is 31.0 Å². The van der Waals surface area contributed by atoms with Crippen LogP contribution in [-0.4, -0.2) is 42.5 Å². The van der Waals surface area contributed by atoms with E-state index < -0.39 is 0 Å². The Labute approximate surface area is 163 Å². The van der Waals surface area contributed by atoms with Crippen molar-refractivity contribution in [3.05, 3.63) is 42.7 Å². The lowest BCUT2D eigenvalue weighted by Crippen LogP contribution is -2.12. The molecule has 0 saturated carbocycles. The van der Waals surface area contributed by atoms with E-state index in [2.05, 4.69) is 10.3 Å². The molecule has 0 radical (unpaired) electrons. The van der Waals surface area contributed by atoms with Crippen LogP contribution >= 0.6 is 0 Å². The summed E-state index contributed by atoms with van der Waals surface area (Å²) in [7, 11) is 1.64. The largest absolute Gasteiger partial charge is 0.491 e. The van der Waals surface area contributed by atoms with Crippen molar-refractivity contribution >= 4 is 34.1 Å². The van der Waals surface area contributed by atoms with E-state index in [1.807, 2.05) is 36.4 Å². The van der Waals surface area contributed by atoms with Crippen LogP contribution in [0.25, 0.3) is 11.0 Å². The number of fused-ring (bicyclic) bond motifs is 1. The normalized spacial score (nSPS) is 10.8. The third kappa shape index (κ3) is 4.72. The van der Waals surface area contributed by atoms with Crippen LogP contribution in [-0.2, 0) is 20.8 Å². The van der Waals surface area contributed by atoms with E-state index in [-0.39, 0.29) is 12.5 Å². The summed E-state index contributed by atoms with van der Waals surface area (Å²) in [5.41, 5.74) is 9.76. The summed E-state index contributed by atoms with van der Waals surface area (Å²) in [6.07, 6.45) is 1.59. The smallest absolute Gasteiger partial charge is 0.325 e. The first kappa shape index (κ1) is 19.5. The van der Waals surface area contributed by atoms with E-state index in [1.54, 1.807) is 24.9 Å². The second-order valence-electron chi connectivity index (χ2n) is 6.10. The predicted molar refractivity (Wildman–Crippen MR) is 108 cm³/mol. The fraction of sp³-hybridized carbons (Fsp3) is 0.300. The maximum Gasteiger partial charge on any atom is 0.325 e. The Morgan fingerprint density at radius 2 is 1.96 bits per heavy atom. The molecule has 0 spiro atoms. The number of rotatable bonds is 9. The highest BCUT2D eigenvalue weighted by molar-refractivity contribution is 5.92. The van der Waals surface area contributed by atoms with Gasteiger partial charge in [-0.05, 0) is 43.3 Å². The Bertz CT molecular complexity index is 937. The molecular formula is C20H24N4O4. The van der Waals surface area contributed by atoms with Gasteiger partial charge in [0.2, 0.25) is 0 Å². The number of nitrogens with two attached hydrogens (primary N) is 1. The molecule has 2 aromatic carbocycles. The number of carbonyl (C=O) groups is 1. The zero-order chi connectivity index (χ0) is 19.9. The summed E-state index contributed by atoms with van der Waals surface area (Å²) in [6, 6.07) is 11.3. The zero-order valence-corrected chi connectivity index (χ0v) is 16.0. The minimum atomic E-state index is -0.317. The number of anilines is 3. The average Bonchev–Trinajstić information content (AvgIpc) is 3.07. The molecule has 8 nitrogen and oxygen atoms in total. The van der Waals surface area contributed by atoms with Crippen molar-refractivity contribution < 1.29 is 19.0 Å². The lowest BCUT2D eigenvalue weighted by molar-refractivity contribution is -0.143. The number of hydrogen-bond acceptors (Lipinski definition) is 7. The summed E-state index contributed by atoms with van der Waals surface area (Å²) >= 11 is 0. The molecule has 148 valence electrons. The molecule has 0 unspecified atom stereocenters. The minimum absolute atomic E-state index is 0.0841. The number of ether oxygens (including phenoxy) is 3. The summed E-state index contributed by atoms with van der Waals surface area (Å²) in [6.45, 7) is 3.24. The third-order valence-corrected chi connectivity index (χ3v) is 4.06. The molecule has 3 rings (SSSR count). The monoisotopic (exact) mass is 384 g/mol. The Hall–Kier alpha value is -3.26. The van der Waals surface area contributed by atoms with Crippen LogP contribution in [0.15, 0.2) is 42.7 Å². The number of benzene rings is 2. The fourth-order valence-electron chi connectivity index (χ4n) is 2.78. The highest BCUT2D eigenvalue weighted by Gasteiger charge is 2.11. The molecule has 0 aliphatic rings. The second kappa shape index (κ2) is 9.09. The average molecular weight is 384 g/mol. The molecule has 0 aliphatic heterocycles. The molecule has 3 aromatic rings. The maximum absolute atomic E-state index is 11.8. The third-order valence-electron chi connectivity index (χ3n) is 4.06. The number of nitrogens with one attached hydrogen (secondary N) is 1. The molecule has 8 heteroatoms. The van der Waals surface area contributed by atoms with Crippen molar-refractivity contribution in [1.29, 1.82) is 0 Å². The van der Waals surface area contributed by atoms with Crippen molar-refractivity contribution in [2.75, 3.05) is 38.0 Å². The van der Waals surface area contributed by atoms with Crippen molar-refractivity contribution in [2.24, 2.45) is 0 Å². The first-order valence-corrected chi connectivity index (χ1v) is 8.99. The van der Waals surface area contributed by atoms with Crippen LogP contribution in [0.2, 0.25) is 0 Å². The van der Waals surface area contributed by atoms with Gasteiger partial charge in [0.05, 0.1) is 30.7 Å². The Morgan fingerprint density at radius 1 is 1.18 bits per heavy atom. The molecule has 0 amide bonds. The molecule has 1 heterocycles. The van der Waals surface area contributed by atoms with Gasteiger partial charge in [0.15, 0.2) is 0 Å². The van der Waals surface area contributed by atoms with Crippen LogP contribution < -0.4 is 15.8 Å². The maximum atomic E-state index is 11.8. The molecule has 0 saturated heterocycles. The standard InChI is InChI=1S/C20H24N4O4/c1-3-27-19(25)12-24-13-22-20-17(21)10-15(11-18(20)24)23-14-4-6-16(7-5-14)28-9-8-26-2/h4-7,10-11,13,23H,3,8-9,12,21H2,1-2H3. The number of nitrogen functional groups attached to an aromatic ring is 1. The quantitative estimate of drug-likeness (QED) is 0.332. The molecule has 1 aromatic heterocycles. The summed E-state index contributed by atoms with van der Waals surface area (Å²) < 4.78 is 17.3. The molecule has 0 bridgehead atoms. The SMILES string of the molecule is CCOC(=O)Cn1cnc2c(N)cc(Nc3ccc(OCCOC)cc3)cc21. The number of esters is 1. The zero-order valence-electron chi connectivity index (χ0n) is 16.0. The van der Waals surface area contributed by atoms with Gasteiger partial charge in [-0.2, -0.15) is 0 Å². The van der Waals surface area contributed by atoms with Gasteiger partial charge >= 0.3 is 5.97 Å². The first-order valence-electron chi connectivity index (χ1n) is 8.99. The summed E-state index contributed by atoms with van der Waals surface area (Å²) in [4.78, 5) is 16.1. The van der Waals surface area contributed by atoms with Gasteiger partial charge in [0.1, 0.15) is 24.4 Å². The minimum Gasteiger partial charge on any atom is -0.491 e. The number of carbonyl (C=O) groups excluding carboxylic acids is 1. The second-order valence-corrected chi connectivity index (χ2v) is 6.10. The van der Waals surface area contributed by atoms with Crippen molar-refractivity contribution in [1.82, 2.24) is 9.55 Å². The number of methoxy groups -OCH3 is 1. The number of imidazole rings is 1. The van der Waals surface area contributed by atoms with E-state index in [9.17, 15) is 4.79 Å². The Kier molecular flexibility index (Phi) is 6.33. The van der Waals surface area contributed by atoms with Gasteiger partial charge in [-0.25, -0.2) is 4.98 Å². The summed E-state index contributed by atoms with van der Waals surface area (Å²) in [5, 5.41) is 3.31. The molecule has 0 fully saturated rings. The molecule has 0 aliphatic carbocycles. The van der Waals surface area contributed by atoms with E-state index in [4.69, 9.17) is 19.9 Å². The summed E-state index contributed by atoms with van der Waals surface area (Å²) in [5.74, 6) is 0.452. The van der Waals surface area contributed by atoms with Crippen molar-refractivity contribution in [2.45, 2.75) is 13.5 Å². The molecule has 3 N–H and O–H groups in total. The van der Waals surface area contributed by atoms with E-state index in [1.165, 1.54) is 0 Å². The van der Waals surface area contributed by atoms with E-state index in [0.717, 1.165) is 22.6 Å². The molecule has 0 atom stereocenters. The fourth-order valence-corrected chi connectivity index (χ4v) is 2.78. The first-order chi connectivity index (χ1) is 13.6. The topological polar surface area (TPSA) is 101 Å². The lowest BCUT2D eigenvalue weighted by Gasteiger charge is -2.11. The van der Waals surface area contributed by atoms with Crippen molar-refractivity contribution in [3.8, 4) is 5.75 Å².